The average molecular weight is 388 g/mol. The molecule has 0 saturated carbocycles. The zero-order valence-electron chi connectivity index (χ0n) is 15.7. The summed E-state index contributed by atoms with van der Waals surface area (Å²) in [6, 6.07) is 19.4. The second-order valence-electron chi connectivity index (χ2n) is 6.53. The predicted molar refractivity (Wildman–Crippen MR) is 112 cm³/mol. The molecule has 2 heterocycles. The lowest BCUT2D eigenvalue weighted by Crippen LogP contribution is -2.27. The summed E-state index contributed by atoms with van der Waals surface area (Å²) in [5.74, 6) is -0.131. The van der Waals surface area contributed by atoms with Crippen LogP contribution < -0.4 is 5.32 Å². The predicted octanol–water partition coefficient (Wildman–Crippen LogP) is 4.80. The first-order chi connectivity index (χ1) is 13.6. The van der Waals surface area contributed by atoms with Gasteiger partial charge >= 0.3 is 0 Å². The number of benzene rings is 2. The van der Waals surface area contributed by atoms with E-state index in [2.05, 4.69) is 15.4 Å². The molecule has 28 heavy (non-hydrogen) atoms. The molecular weight excluding hydrogens is 368 g/mol. The van der Waals surface area contributed by atoms with Crippen LogP contribution in [-0.4, -0.2) is 20.7 Å². The molecule has 1 atom stereocenters. The largest absolute Gasteiger partial charge is 0.344 e. The van der Waals surface area contributed by atoms with E-state index in [9.17, 15) is 4.79 Å². The molecule has 4 rings (SSSR count). The van der Waals surface area contributed by atoms with Crippen LogP contribution >= 0.6 is 11.3 Å². The highest BCUT2D eigenvalue weighted by atomic mass is 32.1. The van der Waals surface area contributed by atoms with Crippen molar-refractivity contribution in [1.82, 2.24) is 20.1 Å². The summed E-state index contributed by atoms with van der Waals surface area (Å²) in [7, 11) is 0. The lowest BCUT2D eigenvalue weighted by atomic mass is 10.1. The molecule has 0 aliphatic heterocycles. The zero-order chi connectivity index (χ0) is 19.5. The molecule has 0 bridgehead atoms. The Hall–Kier alpha value is -3.25. The van der Waals surface area contributed by atoms with Crippen LogP contribution in [0, 0.1) is 6.92 Å². The molecule has 140 valence electrons. The molecule has 0 fully saturated rings. The van der Waals surface area contributed by atoms with Gasteiger partial charge in [0.2, 0.25) is 0 Å². The molecular formula is C22H20N4OS. The summed E-state index contributed by atoms with van der Waals surface area (Å²) in [5.41, 5.74) is 4.36. The Morgan fingerprint density at radius 1 is 1.11 bits per heavy atom. The van der Waals surface area contributed by atoms with E-state index in [-0.39, 0.29) is 11.9 Å². The van der Waals surface area contributed by atoms with Gasteiger partial charge in [0.25, 0.3) is 5.91 Å². The van der Waals surface area contributed by atoms with Crippen molar-refractivity contribution in [3.05, 3.63) is 88.5 Å². The Kier molecular flexibility index (Phi) is 5.04. The first-order valence-electron chi connectivity index (χ1n) is 9.04. The van der Waals surface area contributed by atoms with Gasteiger partial charge in [-0.05, 0) is 38.1 Å². The number of nitrogens with one attached hydrogen (secondary N) is 1. The fourth-order valence-corrected chi connectivity index (χ4v) is 3.75. The monoisotopic (exact) mass is 388 g/mol. The van der Waals surface area contributed by atoms with Gasteiger partial charge in [-0.25, -0.2) is 9.67 Å². The van der Waals surface area contributed by atoms with Crippen LogP contribution in [0.3, 0.4) is 0 Å². The van der Waals surface area contributed by atoms with Gasteiger partial charge in [0.15, 0.2) is 0 Å². The van der Waals surface area contributed by atoms with E-state index < -0.39 is 0 Å². The van der Waals surface area contributed by atoms with E-state index in [0.29, 0.717) is 5.56 Å². The molecule has 1 amide bonds. The van der Waals surface area contributed by atoms with E-state index in [1.54, 1.807) is 17.5 Å². The first-order valence-corrected chi connectivity index (χ1v) is 9.92. The number of amides is 1. The van der Waals surface area contributed by atoms with Gasteiger partial charge in [0.1, 0.15) is 0 Å². The quantitative estimate of drug-likeness (QED) is 0.534. The summed E-state index contributed by atoms with van der Waals surface area (Å²) >= 11 is 1.58. The minimum atomic E-state index is -0.148. The fourth-order valence-electron chi connectivity index (χ4n) is 3.05. The van der Waals surface area contributed by atoms with Crippen molar-refractivity contribution in [2.75, 3.05) is 0 Å². The molecule has 2 aromatic carbocycles. The average Bonchev–Trinajstić information content (AvgIpc) is 3.38. The van der Waals surface area contributed by atoms with Crippen LogP contribution in [0.5, 0.6) is 0 Å². The molecule has 4 aromatic rings. The van der Waals surface area contributed by atoms with Crippen molar-refractivity contribution >= 4 is 17.2 Å². The second-order valence-corrected chi connectivity index (χ2v) is 7.59. The van der Waals surface area contributed by atoms with Gasteiger partial charge in [-0.2, -0.15) is 5.10 Å². The third-order valence-corrected chi connectivity index (χ3v) is 5.28. The van der Waals surface area contributed by atoms with E-state index in [0.717, 1.165) is 27.6 Å². The number of aryl methyl sites for hydroxylation is 1. The number of carbonyl (C=O) groups is 1. The maximum atomic E-state index is 12.7. The summed E-state index contributed by atoms with van der Waals surface area (Å²) in [5, 5.41) is 10.4. The number of rotatable bonds is 5. The third kappa shape index (κ3) is 3.73. The Labute approximate surface area is 167 Å². The number of hydrogen-bond donors (Lipinski definition) is 1. The van der Waals surface area contributed by atoms with E-state index in [1.807, 2.05) is 84.6 Å². The Balaban J connectivity index is 1.59. The van der Waals surface area contributed by atoms with Crippen molar-refractivity contribution in [1.29, 1.82) is 0 Å². The van der Waals surface area contributed by atoms with Gasteiger partial charge in [-0.3, -0.25) is 4.79 Å². The highest BCUT2D eigenvalue weighted by Crippen LogP contribution is 2.23. The Bertz CT molecular complexity index is 1100. The first kappa shape index (κ1) is 18.1. The molecule has 0 aliphatic rings. The molecule has 0 spiro atoms. The minimum Gasteiger partial charge on any atom is -0.344 e. The molecule has 5 nitrogen and oxygen atoms in total. The molecule has 6 heteroatoms. The maximum Gasteiger partial charge on any atom is 0.251 e. The highest BCUT2D eigenvalue weighted by molar-refractivity contribution is 7.09. The molecule has 1 unspecified atom stereocenters. The van der Waals surface area contributed by atoms with Crippen LogP contribution in [0.25, 0.3) is 16.9 Å². The zero-order valence-corrected chi connectivity index (χ0v) is 16.5. The van der Waals surface area contributed by atoms with Crippen molar-refractivity contribution in [2.24, 2.45) is 0 Å². The fraction of sp³-hybridized carbons (Fsp3) is 0.136. The summed E-state index contributed by atoms with van der Waals surface area (Å²) in [6.07, 6.45) is 1.77. The summed E-state index contributed by atoms with van der Waals surface area (Å²) in [4.78, 5) is 17.2. The van der Waals surface area contributed by atoms with Crippen LogP contribution in [0.15, 0.2) is 72.2 Å². The number of nitrogens with zero attached hydrogens (tertiary/aromatic N) is 3. The molecule has 2 aromatic heterocycles. The maximum absolute atomic E-state index is 12.7. The number of carbonyl (C=O) groups excluding carboxylic acids is 1. The molecule has 0 saturated heterocycles. The van der Waals surface area contributed by atoms with Crippen LogP contribution in [0.4, 0.5) is 0 Å². The van der Waals surface area contributed by atoms with Crippen molar-refractivity contribution in [3.63, 3.8) is 0 Å². The van der Waals surface area contributed by atoms with E-state index in [4.69, 9.17) is 0 Å². The van der Waals surface area contributed by atoms with Gasteiger partial charge in [-0.1, -0.05) is 36.4 Å². The van der Waals surface area contributed by atoms with Crippen LogP contribution in [0.2, 0.25) is 0 Å². The topological polar surface area (TPSA) is 59.8 Å². The number of aromatic nitrogens is 3. The van der Waals surface area contributed by atoms with Gasteiger partial charge < -0.3 is 5.32 Å². The molecule has 1 N–H and O–H groups in total. The van der Waals surface area contributed by atoms with Crippen molar-refractivity contribution < 1.29 is 4.79 Å². The normalized spacial score (nSPS) is 11.9. The van der Waals surface area contributed by atoms with Gasteiger partial charge in [0.05, 0.1) is 34.3 Å². The summed E-state index contributed by atoms with van der Waals surface area (Å²) < 4.78 is 1.85. The SMILES string of the molecule is Cc1nc(C(C)NC(=O)c2cccc(-n3nccc3-c3ccccc3)c2)cs1. The highest BCUT2D eigenvalue weighted by Gasteiger charge is 2.15. The van der Waals surface area contributed by atoms with Crippen molar-refractivity contribution in [2.45, 2.75) is 19.9 Å². The molecule has 0 radical (unpaired) electrons. The smallest absolute Gasteiger partial charge is 0.251 e. The van der Waals surface area contributed by atoms with Crippen molar-refractivity contribution in [3.8, 4) is 16.9 Å². The minimum absolute atomic E-state index is 0.131. The Morgan fingerprint density at radius 3 is 2.68 bits per heavy atom. The second kappa shape index (κ2) is 7.78. The van der Waals surface area contributed by atoms with E-state index in [1.165, 1.54) is 0 Å². The van der Waals surface area contributed by atoms with Crippen LogP contribution in [0.1, 0.15) is 34.0 Å². The lowest BCUT2D eigenvalue weighted by Gasteiger charge is -2.13. The number of thiazole rings is 1. The standard InChI is InChI=1S/C22H20N4OS/c1-15(20-14-28-16(2)25-20)24-22(27)18-9-6-10-19(13-18)26-21(11-12-23-26)17-7-4-3-5-8-17/h3-15H,1-2H3,(H,24,27). The van der Waals surface area contributed by atoms with E-state index >= 15 is 0 Å². The third-order valence-electron chi connectivity index (χ3n) is 4.49. The molecule has 0 aliphatic carbocycles. The van der Waals surface area contributed by atoms with Crippen LogP contribution in [-0.2, 0) is 0 Å². The lowest BCUT2D eigenvalue weighted by molar-refractivity contribution is 0.0939. The summed E-state index contributed by atoms with van der Waals surface area (Å²) in [6.45, 7) is 3.90. The van der Waals surface area contributed by atoms with Gasteiger partial charge in [-0.15, -0.1) is 11.3 Å². The number of hydrogen-bond acceptors (Lipinski definition) is 4. The van der Waals surface area contributed by atoms with Gasteiger partial charge in [0, 0.05) is 16.5 Å². The Morgan fingerprint density at radius 2 is 1.93 bits per heavy atom.